The maximum Gasteiger partial charge on any atom is 0.0234 e. The number of halogens is 1. The second kappa shape index (κ2) is 3.67. The van der Waals surface area contributed by atoms with Crippen molar-refractivity contribution in [2.45, 2.75) is 20.4 Å². The fourth-order valence-electron chi connectivity index (χ4n) is 2.17. The van der Waals surface area contributed by atoms with Gasteiger partial charge in [0.15, 0.2) is 0 Å². The summed E-state index contributed by atoms with van der Waals surface area (Å²) < 4.78 is 1.18. The lowest BCUT2D eigenvalue weighted by molar-refractivity contribution is 0.0242. The van der Waals surface area contributed by atoms with Gasteiger partial charge in [0.1, 0.15) is 0 Å². The van der Waals surface area contributed by atoms with Crippen molar-refractivity contribution in [2.24, 2.45) is 5.41 Å². The molecule has 0 amide bonds. The fourth-order valence-corrected chi connectivity index (χ4v) is 2.62. The summed E-state index contributed by atoms with van der Waals surface area (Å²) in [5.74, 6) is 0. The van der Waals surface area contributed by atoms with Gasteiger partial charge in [0.05, 0.1) is 0 Å². The van der Waals surface area contributed by atoms with E-state index in [1.165, 1.54) is 23.1 Å². The molecule has 1 aliphatic rings. The van der Waals surface area contributed by atoms with Crippen LogP contribution < -0.4 is 0 Å². The zero-order valence-electron chi connectivity index (χ0n) is 8.76. The van der Waals surface area contributed by atoms with Crippen LogP contribution in [0.2, 0.25) is 0 Å². The van der Waals surface area contributed by atoms with Crippen molar-refractivity contribution in [2.75, 3.05) is 13.1 Å². The molecular formula is C12H16BrN. The lowest BCUT2D eigenvalue weighted by Gasteiger charge is -2.46. The smallest absolute Gasteiger partial charge is 0.0234 e. The van der Waals surface area contributed by atoms with Crippen LogP contribution in [0.1, 0.15) is 19.4 Å². The molecule has 14 heavy (non-hydrogen) atoms. The molecule has 0 atom stereocenters. The summed E-state index contributed by atoms with van der Waals surface area (Å²) >= 11 is 3.50. The third kappa shape index (κ3) is 2.37. The van der Waals surface area contributed by atoms with E-state index in [9.17, 15) is 0 Å². The van der Waals surface area contributed by atoms with Crippen molar-refractivity contribution in [1.82, 2.24) is 4.90 Å². The monoisotopic (exact) mass is 253 g/mol. The van der Waals surface area contributed by atoms with E-state index in [2.05, 4.69) is 58.9 Å². The molecule has 0 N–H and O–H groups in total. The predicted molar refractivity (Wildman–Crippen MR) is 63.2 cm³/mol. The fraction of sp³-hybridized carbons (Fsp3) is 0.500. The Hall–Kier alpha value is -0.340. The van der Waals surface area contributed by atoms with Gasteiger partial charge in [0.2, 0.25) is 0 Å². The van der Waals surface area contributed by atoms with Gasteiger partial charge in [-0.2, -0.15) is 0 Å². The van der Waals surface area contributed by atoms with Crippen LogP contribution in [-0.2, 0) is 6.54 Å². The van der Waals surface area contributed by atoms with Gasteiger partial charge >= 0.3 is 0 Å². The zero-order valence-corrected chi connectivity index (χ0v) is 10.3. The minimum atomic E-state index is 0.534. The summed E-state index contributed by atoms with van der Waals surface area (Å²) in [6.07, 6.45) is 0. The molecule has 0 spiro atoms. The molecule has 0 saturated carbocycles. The Kier molecular flexibility index (Phi) is 2.67. The van der Waals surface area contributed by atoms with Gasteiger partial charge < -0.3 is 0 Å². The van der Waals surface area contributed by atoms with Crippen LogP contribution in [0.15, 0.2) is 28.7 Å². The first kappa shape index (κ1) is 10.2. The Morgan fingerprint density at radius 3 is 2.64 bits per heavy atom. The molecule has 0 aromatic heterocycles. The van der Waals surface area contributed by atoms with E-state index >= 15 is 0 Å². The maximum atomic E-state index is 3.50. The lowest BCUT2D eigenvalue weighted by Crippen LogP contribution is -2.52. The van der Waals surface area contributed by atoms with E-state index in [0.29, 0.717) is 5.41 Å². The average Bonchev–Trinajstić information content (AvgIpc) is 2.00. The molecule has 76 valence electrons. The van der Waals surface area contributed by atoms with Gasteiger partial charge in [-0.1, -0.05) is 41.9 Å². The summed E-state index contributed by atoms with van der Waals surface area (Å²) in [7, 11) is 0. The number of likely N-dealkylation sites (tertiary alicyclic amines) is 1. The van der Waals surface area contributed by atoms with Crippen molar-refractivity contribution in [3.8, 4) is 0 Å². The number of hydrogen-bond donors (Lipinski definition) is 0. The van der Waals surface area contributed by atoms with Crippen LogP contribution in [0.5, 0.6) is 0 Å². The molecule has 1 nitrogen and oxygen atoms in total. The first-order valence-electron chi connectivity index (χ1n) is 5.02. The summed E-state index contributed by atoms with van der Waals surface area (Å²) in [4.78, 5) is 2.49. The van der Waals surface area contributed by atoms with Gasteiger partial charge in [-0.25, -0.2) is 0 Å². The molecule has 0 bridgehead atoms. The molecule has 2 heteroatoms. The van der Waals surface area contributed by atoms with E-state index < -0.39 is 0 Å². The zero-order chi connectivity index (χ0) is 10.2. The molecule has 1 aromatic carbocycles. The summed E-state index contributed by atoms with van der Waals surface area (Å²) in [5.41, 5.74) is 1.93. The van der Waals surface area contributed by atoms with Crippen LogP contribution >= 0.6 is 15.9 Å². The minimum absolute atomic E-state index is 0.534. The van der Waals surface area contributed by atoms with Crippen molar-refractivity contribution in [1.29, 1.82) is 0 Å². The molecule has 2 rings (SSSR count). The lowest BCUT2D eigenvalue weighted by atomic mass is 9.84. The van der Waals surface area contributed by atoms with E-state index in [-0.39, 0.29) is 0 Å². The van der Waals surface area contributed by atoms with E-state index in [4.69, 9.17) is 0 Å². The van der Waals surface area contributed by atoms with Crippen molar-refractivity contribution >= 4 is 15.9 Å². The second-order valence-corrected chi connectivity index (χ2v) is 5.85. The largest absolute Gasteiger partial charge is 0.298 e. The van der Waals surface area contributed by atoms with Crippen LogP contribution in [0.3, 0.4) is 0 Å². The number of hydrogen-bond acceptors (Lipinski definition) is 1. The topological polar surface area (TPSA) is 3.24 Å². The first-order valence-corrected chi connectivity index (χ1v) is 5.81. The van der Waals surface area contributed by atoms with E-state index in [0.717, 1.165) is 6.54 Å². The van der Waals surface area contributed by atoms with Gasteiger partial charge in [-0.3, -0.25) is 4.90 Å². The standard InChI is InChI=1S/C12H16BrN/c1-12(2)8-14(9-12)7-10-4-3-5-11(13)6-10/h3-6H,7-9H2,1-2H3. The van der Waals surface area contributed by atoms with Crippen LogP contribution in [0.25, 0.3) is 0 Å². The molecule has 1 heterocycles. The highest BCUT2D eigenvalue weighted by molar-refractivity contribution is 9.10. The van der Waals surface area contributed by atoms with E-state index in [1.54, 1.807) is 0 Å². The average molecular weight is 254 g/mol. The quantitative estimate of drug-likeness (QED) is 0.782. The van der Waals surface area contributed by atoms with E-state index in [1.807, 2.05) is 0 Å². The van der Waals surface area contributed by atoms with Crippen LogP contribution in [0, 0.1) is 5.41 Å². The minimum Gasteiger partial charge on any atom is -0.298 e. The molecule has 0 aliphatic carbocycles. The predicted octanol–water partition coefficient (Wildman–Crippen LogP) is 3.29. The molecular weight excluding hydrogens is 238 g/mol. The molecule has 0 unspecified atom stereocenters. The van der Waals surface area contributed by atoms with Gasteiger partial charge in [-0.15, -0.1) is 0 Å². The van der Waals surface area contributed by atoms with Crippen molar-refractivity contribution in [3.05, 3.63) is 34.3 Å². The Morgan fingerprint density at radius 1 is 1.36 bits per heavy atom. The Morgan fingerprint density at radius 2 is 2.07 bits per heavy atom. The van der Waals surface area contributed by atoms with Crippen molar-refractivity contribution < 1.29 is 0 Å². The number of benzene rings is 1. The summed E-state index contributed by atoms with van der Waals surface area (Å²) in [6.45, 7) is 8.18. The Labute approximate surface area is 94.2 Å². The normalized spacial score (nSPS) is 20.5. The molecule has 1 saturated heterocycles. The Balaban J connectivity index is 1.93. The van der Waals surface area contributed by atoms with Gasteiger partial charge in [-0.05, 0) is 23.1 Å². The highest BCUT2D eigenvalue weighted by Crippen LogP contribution is 2.30. The second-order valence-electron chi connectivity index (χ2n) is 4.94. The third-order valence-corrected chi connectivity index (χ3v) is 3.09. The SMILES string of the molecule is CC1(C)CN(Cc2cccc(Br)c2)C1. The maximum absolute atomic E-state index is 3.50. The highest BCUT2D eigenvalue weighted by atomic mass is 79.9. The summed E-state index contributed by atoms with van der Waals surface area (Å²) in [6, 6.07) is 8.56. The van der Waals surface area contributed by atoms with Gasteiger partial charge in [0.25, 0.3) is 0 Å². The third-order valence-electron chi connectivity index (χ3n) is 2.60. The highest BCUT2D eigenvalue weighted by Gasteiger charge is 2.33. The molecule has 1 fully saturated rings. The molecule has 0 radical (unpaired) electrons. The number of nitrogens with zero attached hydrogens (tertiary/aromatic N) is 1. The van der Waals surface area contributed by atoms with Crippen LogP contribution in [-0.4, -0.2) is 18.0 Å². The summed E-state index contributed by atoms with van der Waals surface area (Å²) in [5, 5.41) is 0. The molecule has 1 aromatic rings. The van der Waals surface area contributed by atoms with Gasteiger partial charge in [0, 0.05) is 24.1 Å². The van der Waals surface area contributed by atoms with Crippen LogP contribution in [0.4, 0.5) is 0 Å². The molecule has 1 aliphatic heterocycles. The van der Waals surface area contributed by atoms with Crippen molar-refractivity contribution in [3.63, 3.8) is 0 Å². The number of rotatable bonds is 2. The Bertz CT molecular complexity index is 325. The first-order chi connectivity index (χ1) is 6.55.